The summed E-state index contributed by atoms with van der Waals surface area (Å²) in [7, 11) is 1.48. The number of hydrogen-bond donors (Lipinski definition) is 1. The summed E-state index contributed by atoms with van der Waals surface area (Å²) in [5.41, 5.74) is 1.83. The minimum atomic E-state index is -0.374. The molecule has 1 heterocycles. The fraction of sp³-hybridized carbons (Fsp3) is 0.292. The molecule has 6 nitrogen and oxygen atoms in total. The van der Waals surface area contributed by atoms with Crippen LogP contribution in [0.15, 0.2) is 54.6 Å². The van der Waals surface area contributed by atoms with E-state index in [1.807, 2.05) is 18.2 Å². The zero-order chi connectivity index (χ0) is 22.1. The molecule has 0 aromatic heterocycles. The summed E-state index contributed by atoms with van der Waals surface area (Å²) in [5, 5.41) is 9.07. The average Bonchev–Trinajstić information content (AvgIpc) is 2.80. The van der Waals surface area contributed by atoms with Gasteiger partial charge in [0.2, 0.25) is 0 Å². The lowest BCUT2D eigenvalue weighted by Gasteiger charge is -2.26. The second-order valence-electron chi connectivity index (χ2n) is 6.92. The summed E-state index contributed by atoms with van der Waals surface area (Å²) in [4.78, 5) is 10.7. The molecule has 0 atom stereocenters. The Morgan fingerprint density at radius 2 is 1.84 bits per heavy atom. The molecule has 0 amide bonds. The molecule has 0 saturated carbocycles. The van der Waals surface area contributed by atoms with Crippen molar-refractivity contribution >= 4 is 17.2 Å². The van der Waals surface area contributed by atoms with Crippen molar-refractivity contribution in [2.75, 3.05) is 46.6 Å². The maximum atomic E-state index is 13.9. The summed E-state index contributed by atoms with van der Waals surface area (Å²) in [5.74, 6) is 0.645. The highest BCUT2D eigenvalue weighted by molar-refractivity contribution is 5.99. The van der Waals surface area contributed by atoms with Crippen molar-refractivity contribution in [3.05, 3.63) is 60.4 Å². The van der Waals surface area contributed by atoms with Crippen LogP contribution in [0.1, 0.15) is 0 Å². The summed E-state index contributed by atoms with van der Waals surface area (Å²) >= 11 is 0. The van der Waals surface area contributed by atoms with E-state index in [0.29, 0.717) is 6.61 Å². The third kappa shape index (κ3) is 5.71. The number of morpholine rings is 1. The van der Waals surface area contributed by atoms with Crippen LogP contribution in [0.4, 0.5) is 4.39 Å². The molecule has 0 radical (unpaired) electrons. The monoisotopic (exact) mass is 427 g/mol. The second-order valence-corrected chi connectivity index (χ2v) is 6.92. The quantitative estimate of drug-likeness (QED) is 0.599. The molecule has 0 aliphatic carbocycles. The number of ether oxygens (including phenoxy) is 3. The van der Waals surface area contributed by atoms with Crippen LogP contribution in [0, 0.1) is 5.82 Å². The minimum absolute atomic E-state index is 0.227. The SMILES string of the molecule is COc1cc(-c2c(OCCN3CCOCC3)ccc3ccccc23)ccc1F.O=CO. The van der Waals surface area contributed by atoms with Crippen molar-refractivity contribution in [3.8, 4) is 22.6 Å². The Morgan fingerprint density at radius 1 is 1.10 bits per heavy atom. The third-order valence-electron chi connectivity index (χ3n) is 5.10. The van der Waals surface area contributed by atoms with Gasteiger partial charge in [0.15, 0.2) is 11.6 Å². The summed E-state index contributed by atoms with van der Waals surface area (Å²) in [6.07, 6.45) is 0. The van der Waals surface area contributed by atoms with Gasteiger partial charge in [-0.3, -0.25) is 9.69 Å². The van der Waals surface area contributed by atoms with Crippen LogP contribution >= 0.6 is 0 Å². The molecule has 3 aromatic carbocycles. The number of nitrogens with zero attached hydrogens (tertiary/aromatic N) is 1. The van der Waals surface area contributed by atoms with Gasteiger partial charge in [0, 0.05) is 25.2 Å². The molecular formula is C24H26FNO5. The normalized spacial score (nSPS) is 13.9. The fourth-order valence-corrected chi connectivity index (χ4v) is 3.59. The molecule has 1 aliphatic rings. The highest BCUT2D eigenvalue weighted by Crippen LogP contribution is 2.39. The second kappa shape index (κ2) is 11.3. The Morgan fingerprint density at radius 3 is 2.58 bits per heavy atom. The van der Waals surface area contributed by atoms with Gasteiger partial charge in [-0.1, -0.05) is 36.4 Å². The van der Waals surface area contributed by atoms with E-state index in [0.717, 1.165) is 60.5 Å². The molecule has 31 heavy (non-hydrogen) atoms. The Labute approximate surface area is 180 Å². The summed E-state index contributed by atoms with van der Waals surface area (Å²) < 4.78 is 30.7. The molecule has 0 unspecified atom stereocenters. The highest BCUT2D eigenvalue weighted by Gasteiger charge is 2.15. The number of methoxy groups -OCH3 is 1. The fourth-order valence-electron chi connectivity index (χ4n) is 3.59. The third-order valence-corrected chi connectivity index (χ3v) is 5.10. The maximum Gasteiger partial charge on any atom is 0.290 e. The molecule has 3 aromatic rings. The van der Waals surface area contributed by atoms with Gasteiger partial charge >= 0.3 is 0 Å². The zero-order valence-corrected chi connectivity index (χ0v) is 17.4. The molecule has 1 N–H and O–H groups in total. The van der Waals surface area contributed by atoms with E-state index in [4.69, 9.17) is 24.1 Å². The maximum absolute atomic E-state index is 13.9. The highest BCUT2D eigenvalue weighted by atomic mass is 19.1. The lowest BCUT2D eigenvalue weighted by Crippen LogP contribution is -2.38. The molecule has 0 bridgehead atoms. The summed E-state index contributed by atoms with van der Waals surface area (Å²) in [6, 6.07) is 17.1. The van der Waals surface area contributed by atoms with Gasteiger partial charge in [0.1, 0.15) is 12.4 Å². The van der Waals surface area contributed by atoms with Gasteiger partial charge in [0.05, 0.1) is 20.3 Å². The molecular weight excluding hydrogens is 401 g/mol. The Balaban J connectivity index is 0.000000858. The van der Waals surface area contributed by atoms with Crippen molar-refractivity contribution in [3.63, 3.8) is 0 Å². The van der Waals surface area contributed by atoms with Gasteiger partial charge in [-0.15, -0.1) is 0 Å². The van der Waals surface area contributed by atoms with Crippen LogP contribution in [-0.4, -0.2) is 63.0 Å². The van der Waals surface area contributed by atoms with Crippen molar-refractivity contribution < 1.29 is 28.5 Å². The zero-order valence-electron chi connectivity index (χ0n) is 17.4. The first kappa shape index (κ1) is 22.5. The van der Waals surface area contributed by atoms with Gasteiger partial charge < -0.3 is 19.3 Å². The van der Waals surface area contributed by atoms with E-state index < -0.39 is 0 Å². The predicted octanol–water partition coefficient (Wildman–Crippen LogP) is 4.07. The van der Waals surface area contributed by atoms with E-state index >= 15 is 0 Å². The Kier molecular flexibility index (Phi) is 8.20. The standard InChI is InChI=1S/C23H24FNO3.CH2O2/c1-26-22-16-18(6-8-20(22)24)23-19-5-3-2-4-17(19)7-9-21(23)28-15-12-25-10-13-27-14-11-25;2-1-3/h2-9,16H,10-15H2,1H3;1H,(H,2,3). The minimum Gasteiger partial charge on any atom is -0.494 e. The van der Waals surface area contributed by atoms with E-state index in [1.165, 1.54) is 13.2 Å². The van der Waals surface area contributed by atoms with E-state index in [-0.39, 0.29) is 18.0 Å². The van der Waals surface area contributed by atoms with Crippen molar-refractivity contribution in [1.29, 1.82) is 0 Å². The molecule has 7 heteroatoms. The molecule has 4 rings (SSSR count). The van der Waals surface area contributed by atoms with Crippen molar-refractivity contribution in [1.82, 2.24) is 4.90 Å². The van der Waals surface area contributed by atoms with Gasteiger partial charge in [-0.05, 0) is 34.5 Å². The average molecular weight is 427 g/mol. The van der Waals surface area contributed by atoms with Crippen molar-refractivity contribution in [2.24, 2.45) is 0 Å². The van der Waals surface area contributed by atoms with Gasteiger partial charge in [-0.2, -0.15) is 0 Å². The van der Waals surface area contributed by atoms with Crippen molar-refractivity contribution in [2.45, 2.75) is 0 Å². The number of rotatable bonds is 6. The van der Waals surface area contributed by atoms with Crippen LogP contribution < -0.4 is 9.47 Å². The first-order valence-corrected chi connectivity index (χ1v) is 10.0. The number of fused-ring (bicyclic) bond motifs is 1. The lowest BCUT2D eigenvalue weighted by molar-refractivity contribution is -0.122. The van der Waals surface area contributed by atoms with Gasteiger partial charge in [-0.25, -0.2) is 4.39 Å². The molecule has 1 saturated heterocycles. The lowest BCUT2D eigenvalue weighted by atomic mass is 9.97. The molecule has 0 spiro atoms. The predicted molar refractivity (Wildman–Crippen MR) is 117 cm³/mol. The molecule has 164 valence electrons. The van der Waals surface area contributed by atoms with Crippen LogP contribution in [-0.2, 0) is 9.53 Å². The number of carboxylic acid groups (broad SMARTS) is 1. The molecule has 1 aliphatic heterocycles. The van der Waals surface area contributed by atoms with Crippen LogP contribution in [0.3, 0.4) is 0 Å². The van der Waals surface area contributed by atoms with E-state index in [1.54, 1.807) is 12.1 Å². The summed E-state index contributed by atoms with van der Waals surface area (Å²) in [6.45, 7) is 4.60. The smallest absolute Gasteiger partial charge is 0.290 e. The Bertz CT molecular complexity index is 1000. The number of hydrogen-bond acceptors (Lipinski definition) is 5. The topological polar surface area (TPSA) is 68.2 Å². The van der Waals surface area contributed by atoms with E-state index in [9.17, 15) is 4.39 Å². The van der Waals surface area contributed by atoms with E-state index in [2.05, 4.69) is 23.1 Å². The molecule has 1 fully saturated rings. The van der Waals surface area contributed by atoms with Gasteiger partial charge in [0.25, 0.3) is 6.47 Å². The first-order valence-electron chi connectivity index (χ1n) is 10.0. The van der Waals surface area contributed by atoms with Crippen LogP contribution in [0.2, 0.25) is 0 Å². The Hall–Kier alpha value is -3.16. The van der Waals surface area contributed by atoms with Crippen LogP contribution in [0.5, 0.6) is 11.5 Å². The number of carbonyl (C=O) groups is 1. The largest absolute Gasteiger partial charge is 0.494 e. The number of benzene rings is 3. The van der Waals surface area contributed by atoms with Crippen LogP contribution in [0.25, 0.3) is 21.9 Å². The first-order chi connectivity index (χ1) is 15.2. The number of halogens is 1.